The third kappa shape index (κ3) is 3.85. The first kappa shape index (κ1) is 9.92. The minimum Gasteiger partial charge on any atom is -0.480 e. The number of hydrogen-bond donors (Lipinski definition) is 1. The summed E-state index contributed by atoms with van der Waals surface area (Å²) in [5.41, 5.74) is 0.933. The van der Waals surface area contributed by atoms with E-state index < -0.39 is 5.97 Å². The van der Waals surface area contributed by atoms with E-state index in [4.69, 9.17) is 9.84 Å². The summed E-state index contributed by atoms with van der Waals surface area (Å²) in [6, 6.07) is 0. The number of carbonyl (C=O) groups is 1. The van der Waals surface area contributed by atoms with E-state index in [2.05, 4.69) is 0 Å². The van der Waals surface area contributed by atoms with Crippen molar-refractivity contribution in [1.29, 1.82) is 0 Å². The minimum atomic E-state index is -0.988. The zero-order valence-corrected chi connectivity index (χ0v) is 7.12. The molecule has 1 aliphatic rings. The fraction of sp³-hybridized carbons (Fsp3) is 0.444. The monoisotopic (exact) mass is 186 g/mol. The van der Waals surface area contributed by atoms with Crippen molar-refractivity contribution in [3.8, 4) is 0 Å². The lowest BCUT2D eigenvalue weighted by Crippen LogP contribution is -2.09. The number of carboxylic acids is 1. The molecule has 0 aromatic heterocycles. The van der Waals surface area contributed by atoms with Gasteiger partial charge in [-0.1, -0.05) is 6.08 Å². The van der Waals surface area contributed by atoms with Gasteiger partial charge in [-0.3, -0.25) is 0 Å². The molecule has 0 radical (unpaired) electrons. The van der Waals surface area contributed by atoms with Crippen LogP contribution in [0, 0.1) is 0 Å². The Morgan fingerprint density at radius 2 is 2.31 bits per heavy atom. The Hall–Kier alpha value is -1.16. The molecule has 0 fully saturated rings. The standard InChI is InChI=1S/C9H11FO3/c10-8-3-1-7(2-4-8)5-13-6-9(11)12/h1,3H,2,4-6H2,(H,11,12). The highest BCUT2D eigenvalue weighted by molar-refractivity contribution is 5.68. The topological polar surface area (TPSA) is 46.5 Å². The molecule has 13 heavy (non-hydrogen) atoms. The van der Waals surface area contributed by atoms with Crippen LogP contribution in [0.15, 0.2) is 23.6 Å². The van der Waals surface area contributed by atoms with Crippen molar-refractivity contribution in [3.63, 3.8) is 0 Å². The van der Waals surface area contributed by atoms with Crippen molar-refractivity contribution < 1.29 is 19.0 Å². The average molecular weight is 186 g/mol. The van der Waals surface area contributed by atoms with Gasteiger partial charge >= 0.3 is 5.97 Å². The summed E-state index contributed by atoms with van der Waals surface area (Å²) < 4.78 is 17.3. The van der Waals surface area contributed by atoms with E-state index in [-0.39, 0.29) is 19.0 Å². The summed E-state index contributed by atoms with van der Waals surface area (Å²) >= 11 is 0. The Balaban J connectivity index is 2.26. The number of halogens is 1. The predicted octanol–water partition coefficient (Wildman–Crippen LogP) is 1.66. The fourth-order valence-corrected chi connectivity index (χ4v) is 1.04. The second-order valence-corrected chi connectivity index (χ2v) is 2.82. The molecular weight excluding hydrogens is 175 g/mol. The first-order valence-corrected chi connectivity index (χ1v) is 4.02. The molecule has 0 spiro atoms. The van der Waals surface area contributed by atoms with E-state index in [9.17, 15) is 9.18 Å². The number of ether oxygens (including phenoxy) is 1. The predicted molar refractivity (Wildman–Crippen MR) is 45.0 cm³/mol. The van der Waals surface area contributed by atoms with E-state index in [0.29, 0.717) is 12.8 Å². The number of hydrogen-bond acceptors (Lipinski definition) is 2. The van der Waals surface area contributed by atoms with Crippen molar-refractivity contribution in [2.24, 2.45) is 0 Å². The van der Waals surface area contributed by atoms with Gasteiger partial charge in [-0.2, -0.15) is 0 Å². The molecule has 0 saturated heterocycles. The molecule has 1 rings (SSSR count). The summed E-state index contributed by atoms with van der Waals surface area (Å²) in [6.07, 6.45) is 4.04. The van der Waals surface area contributed by atoms with Gasteiger partial charge in [0.25, 0.3) is 0 Å². The lowest BCUT2D eigenvalue weighted by atomic mass is 10.1. The molecule has 0 atom stereocenters. The summed E-state index contributed by atoms with van der Waals surface area (Å²) in [4.78, 5) is 10.1. The number of allylic oxidation sites excluding steroid dienone is 3. The van der Waals surface area contributed by atoms with Gasteiger partial charge in [0.2, 0.25) is 0 Å². The van der Waals surface area contributed by atoms with Crippen LogP contribution in [-0.4, -0.2) is 24.3 Å². The largest absolute Gasteiger partial charge is 0.480 e. The molecule has 0 aliphatic heterocycles. The highest BCUT2D eigenvalue weighted by atomic mass is 19.1. The second kappa shape index (κ2) is 4.77. The molecule has 0 bridgehead atoms. The molecule has 0 unspecified atom stereocenters. The molecule has 72 valence electrons. The molecule has 1 N–H and O–H groups in total. The van der Waals surface area contributed by atoms with E-state index in [1.165, 1.54) is 6.08 Å². The molecular formula is C9H11FO3. The van der Waals surface area contributed by atoms with Crippen LogP contribution in [0.5, 0.6) is 0 Å². The summed E-state index contributed by atoms with van der Waals surface area (Å²) in [5.74, 6) is -1.12. The van der Waals surface area contributed by atoms with Crippen molar-refractivity contribution >= 4 is 5.97 Å². The minimum absolute atomic E-state index is 0.137. The highest BCUT2D eigenvalue weighted by Gasteiger charge is 2.06. The van der Waals surface area contributed by atoms with Crippen LogP contribution in [0.4, 0.5) is 4.39 Å². The average Bonchev–Trinajstić information content (AvgIpc) is 2.08. The van der Waals surface area contributed by atoms with Gasteiger partial charge < -0.3 is 9.84 Å². The van der Waals surface area contributed by atoms with Crippen molar-refractivity contribution in [2.75, 3.05) is 13.2 Å². The summed E-state index contributed by atoms with van der Waals surface area (Å²) in [7, 11) is 0. The van der Waals surface area contributed by atoms with Crippen molar-refractivity contribution in [1.82, 2.24) is 0 Å². The second-order valence-electron chi connectivity index (χ2n) is 2.82. The molecule has 3 nitrogen and oxygen atoms in total. The SMILES string of the molecule is O=C(O)COCC1=CC=C(F)CC1. The molecule has 4 heteroatoms. The third-order valence-corrected chi connectivity index (χ3v) is 1.70. The van der Waals surface area contributed by atoms with E-state index in [1.54, 1.807) is 6.08 Å². The number of aliphatic carboxylic acids is 1. The van der Waals surface area contributed by atoms with Crippen molar-refractivity contribution in [2.45, 2.75) is 12.8 Å². The maximum absolute atomic E-state index is 12.5. The normalized spacial score (nSPS) is 16.4. The smallest absolute Gasteiger partial charge is 0.329 e. The molecule has 0 aromatic rings. The zero-order valence-electron chi connectivity index (χ0n) is 7.12. The van der Waals surface area contributed by atoms with Gasteiger partial charge in [-0.15, -0.1) is 0 Å². The maximum atomic E-state index is 12.5. The molecule has 0 heterocycles. The van der Waals surface area contributed by atoms with Crippen LogP contribution in [0.1, 0.15) is 12.8 Å². The first-order valence-electron chi connectivity index (χ1n) is 4.02. The van der Waals surface area contributed by atoms with E-state index in [1.807, 2.05) is 0 Å². The van der Waals surface area contributed by atoms with E-state index in [0.717, 1.165) is 5.57 Å². The number of rotatable bonds is 4. The van der Waals surface area contributed by atoms with Gasteiger partial charge in [0.1, 0.15) is 12.4 Å². The first-order chi connectivity index (χ1) is 6.18. The summed E-state index contributed by atoms with van der Waals surface area (Å²) in [5, 5.41) is 8.27. The Kier molecular flexibility index (Phi) is 3.64. The zero-order chi connectivity index (χ0) is 9.68. The van der Waals surface area contributed by atoms with Gasteiger partial charge in [0.15, 0.2) is 0 Å². The number of carboxylic acid groups (broad SMARTS) is 1. The van der Waals surface area contributed by atoms with Crippen LogP contribution in [-0.2, 0) is 9.53 Å². The quantitative estimate of drug-likeness (QED) is 0.726. The highest BCUT2D eigenvalue weighted by Crippen LogP contribution is 2.18. The Morgan fingerprint density at radius 3 is 2.85 bits per heavy atom. The van der Waals surface area contributed by atoms with Crippen LogP contribution in [0.3, 0.4) is 0 Å². The van der Waals surface area contributed by atoms with Gasteiger partial charge in [-0.05, 0) is 18.1 Å². The Bertz CT molecular complexity index is 256. The van der Waals surface area contributed by atoms with Crippen LogP contribution >= 0.6 is 0 Å². The maximum Gasteiger partial charge on any atom is 0.329 e. The summed E-state index contributed by atoms with van der Waals surface area (Å²) in [6.45, 7) is -0.0282. The lowest BCUT2D eigenvalue weighted by molar-refractivity contribution is -0.141. The van der Waals surface area contributed by atoms with Gasteiger partial charge in [0.05, 0.1) is 6.61 Å². The molecule has 0 aromatic carbocycles. The fourth-order valence-electron chi connectivity index (χ4n) is 1.04. The Morgan fingerprint density at radius 1 is 1.54 bits per heavy atom. The molecule has 1 aliphatic carbocycles. The van der Waals surface area contributed by atoms with Crippen LogP contribution in [0.25, 0.3) is 0 Å². The third-order valence-electron chi connectivity index (χ3n) is 1.70. The molecule has 0 amide bonds. The lowest BCUT2D eigenvalue weighted by Gasteiger charge is -2.09. The van der Waals surface area contributed by atoms with Crippen molar-refractivity contribution in [3.05, 3.63) is 23.6 Å². The van der Waals surface area contributed by atoms with Gasteiger partial charge in [0, 0.05) is 6.42 Å². The van der Waals surface area contributed by atoms with E-state index >= 15 is 0 Å². The Labute approximate surface area is 75.5 Å². The van der Waals surface area contributed by atoms with Gasteiger partial charge in [-0.25, -0.2) is 9.18 Å². The van der Waals surface area contributed by atoms with Crippen LogP contribution < -0.4 is 0 Å². The van der Waals surface area contributed by atoms with Crippen LogP contribution in [0.2, 0.25) is 0 Å². The molecule has 0 saturated carbocycles.